The molecular weight excluding hydrogens is 590 g/mol. The molecule has 1 saturated heterocycles. The molecule has 1 N–H and O–H groups in total. The maximum absolute atomic E-state index is 14.1. The number of rotatable bonds is 6. The van der Waals surface area contributed by atoms with Gasteiger partial charge in [-0.1, -0.05) is 60.2 Å². The molecule has 0 bridgehead atoms. The number of fused-ring (bicyclic) bond motifs is 1. The zero-order valence-corrected chi connectivity index (χ0v) is 27.0. The highest BCUT2D eigenvalue weighted by molar-refractivity contribution is 6.13. The summed E-state index contributed by atoms with van der Waals surface area (Å²) in [5.74, 6) is -0.796. The van der Waals surface area contributed by atoms with E-state index >= 15 is 0 Å². The maximum Gasteiger partial charge on any atom is 0.258 e. The first-order valence-corrected chi connectivity index (χ1v) is 16.0. The Hall–Kier alpha value is -5.28. The highest BCUT2D eigenvalue weighted by Crippen LogP contribution is 2.34. The van der Waals surface area contributed by atoms with E-state index in [1.54, 1.807) is 40.1 Å². The van der Waals surface area contributed by atoms with Gasteiger partial charge in [0.2, 0.25) is 11.8 Å². The minimum Gasteiger partial charge on any atom is -0.339 e. The second-order valence-electron chi connectivity index (χ2n) is 12.3. The Kier molecular flexibility index (Phi) is 9.17. The molecule has 0 aromatic heterocycles. The van der Waals surface area contributed by atoms with E-state index in [4.69, 9.17) is 0 Å². The molecule has 4 aromatic rings. The Morgan fingerprint density at radius 3 is 2.15 bits per heavy atom. The fourth-order valence-electron chi connectivity index (χ4n) is 6.18. The number of carbonyl (C=O) groups excluding carboxylic acids is 4. The average molecular weight is 630 g/mol. The van der Waals surface area contributed by atoms with Crippen molar-refractivity contribution in [3.8, 4) is 11.1 Å². The number of piperazine rings is 1. The van der Waals surface area contributed by atoms with Gasteiger partial charge in [-0.3, -0.25) is 19.2 Å². The zero-order valence-electron chi connectivity index (χ0n) is 27.0. The van der Waals surface area contributed by atoms with Crippen LogP contribution in [-0.2, 0) is 9.59 Å². The Balaban J connectivity index is 1.21. The fraction of sp³-hybridized carbons (Fsp3) is 0.263. The third-order valence-electron chi connectivity index (χ3n) is 8.96. The lowest BCUT2D eigenvalue weighted by Gasteiger charge is -2.34. The van der Waals surface area contributed by atoms with Gasteiger partial charge in [0.15, 0.2) is 0 Å². The highest BCUT2D eigenvalue weighted by atomic mass is 16.2. The molecular formula is C38H39N5O4. The van der Waals surface area contributed by atoms with Gasteiger partial charge >= 0.3 is 0 Å². The van der Waals surface area contributed by atoms with Crippen molar-refractivity contribution in [3.05, 3.63) is 113 Å². The Labute approximate surface area is 275 Å². The lowest BCUT2D eigenvalue weighted by Crippen LogP contribution is -2.50. The molecule has 0 atom stereocenters. The SMILES string of the molecule is Cc1ccc(-c2ccccc2C(=O)Nc2ccc(C(=O)N3CCC(=O)N(CC(=O)N4CCN(C)CC4)c4ccccc43)c(C)c2)cc1. The summed E-state index contributed by atoms with van der Waals surface area (Å²) in [6, 6.07) is 28.0. The number of nitrogens with one attached hydrogen (secondary N) is 1. The topological polar surface area (TPSA) is 93.3 Å². The smallest absolute Gasteiger partial charge is 0.258 e. The number of likely N-dealkylation sites (N-methyl/N-ethyl adjacent to an activating group) is 1. The summed E-state index contributed by atoms with van der Waals surface area (Å²) >= 11 is 0. The molecule has 4 aromatic carbocycles. The van der Waals surface area contributed by atoms with Gasteiger partial charge in [0.25, 0.3) is 11.8 Å². The molecule has 0 radical (unpaired) electrons. The monoisotopic (exact) mass is 629 g/mol. The first-order chi connectivity index (χ1) is 22.7. The van der Waals surface area contributed by atoms with Crippen molar-refractivity contribution in [1.29, 1.82) is 0 Å². The van der Waals surface area contributed by atoms with E-state index in [9.17, 15) is 19.2 Å². The van der Waals surface area contributed by atoms with Gasteiger partial charge in [0.05, 0.1) is 11.4 Å². The second kappa shape index (κ2) is 13.6. The van der Waals surface area contributed by atoms with Crippen molar-refractivity contribution < 1.29 is 19.2 Å². The lowest BCUT2D eigenvalue weighted by atomic mass is 9.98. The van der Waals surface area contributed by atoms with Crippen LogP contribution in [0.25, 0.3) is 11.1 Å². The van der Waals surface area contributed by atoms with E-state index in [0.29, 0.717) is 46.8 Å². The van der Waals surface area contributed by atoms with Gasteiger partial charge in [-0.05, 0) is 74.0 Å². The molecule has 0 unspecified atom stereocenters. The Bertz CT molecular complexity index is 1830. The van der Waals surface area contributed by atoms with Crippen LogP contribution in [0, 0.1) is 13.8 Å². The van der Waals surface area contributed by atoms with E-state index < -0.39 is 0 Å². The molecule has 0 saturated carbocycles. The second-order valence-corrected chi connectivity index (χ2v) is 12.3. The number of para-hydroxylation sites is 2. The Morgan fingerprint density at radius 2 is 1.43 bits per heavy atom. The molecule has 0 spiro atoms. The quantitative estimate of drug-likeness (QED) is 0.309. The van der Waals surface area contributed by atoms with Crippen molar-refractivity contribution in [2.45, 2.75) is 20.3 Å². The Morgan fingerprint density at radius 1 is 0.745 bits per heavy atom. The summed E-state index contributed by atoms with van der Waals surface area (Å²) < 4.78 is 0. The van der Waals surface area contributed by atoms with E-state index in [0.717, 1.165) is 29.8 Å². The fourth-order valence-corrected chi connectivity index (χ4v) is 6.18. The van der Waals surface area contributed by atoms with Crippen LogP contribution in [-0.4, -0.2) is 79.7 Å². The number of aryl methyl sites for hydroxylation is 2. The lowest BCUT2D eigenvalue weighted by molar-refractivity contribution is -0.132. The first kappa shape index (κ1) is 31.7. The molecule has 2 aliphatic rings. The molecule has 9 heteroatoms. The van der Waals surface area contributed by atoms with Crippen molar-refractivity contribution in [2.75, 3.05) is 61.4 Å². The van der Waals surface area contributed by atoms with Crippen molar-refractivity contribution in [2.24, 2.45) is 0 Å². The summed E-state index contributed by atoms with van der Waals surface area (Å²) in [5, 5.41) is 3.00. The molecule has 1 fully saturated rings. The van der Waals surface area contributed by atoms with Crippen molar-refractivity contribution in [3.63, 3.8) is 0 Å². The number of benzene rings is 4. The minimum atomic E-state index is -0.252. The van der Waals surface area contributed by atoms with Crippen LogP contribution in [0.4, 0.5) is 17.1 Å². The van der Waals surface area contributed by atoms with Crippen molar-refractivity contribution in [1.82, 2.24) is 9.80 Å². The van der Waals surface area contributed by atoms with Gasteiger partial charge in [0, 0.05) is 56.0 Å². The standard InChI is InChI=1S/C38H39N5O4/c1-26-12-14-28(15-13-26)31-8-4-5-9-32(31)37(46)39-29-16-17-30(27(2)24-29)38(47)42-19-18-35(44)43(34-11-7-6-10-33(34)42)25-36(45)41-22-20-40(3)21-23-41/h4-17,24H,18-23,25H2,1-3H3,(H,39,46). The molecule has 240 valence electrons. The molecule has 2 aliphatic heterocycles. The molecule has 0 aliphatic carbocycles. The number of amides is 4. The van der Waals surface area contributed by atoms with Crippen LogP contribution in [0.15, 0.2) is 91.0 Å². The van der Waals surface area contributed by atoms with Crippen molar-refractivity contribution >= 4 is 40.7 Å². The average Bonchev–Trinajstić information content (AvgIpc) is 3.21. The molecule has 2 heterocycles. The highest BCUT2D eigenvalue weighted by Gasteiger charge is 2.32. The number of nitrogens with zero attached hydrogens (tertiary/aromatic N) is 4. The molecule has 9 nitrogen and oxygen atoms in total. The van der Waals surface area contributed by atoms with Crippen LogP contribution >= 0.6 is 0 Å². The molecule has 4 amide bonds. The van der Waals surface area contributed by atoms with Gasteiger partial charge in [-0.25, -0.2) is 0 Å². The predicted octanol–water partition coefficient (Wildman–Crippen LogP) is 5.38. The van der Waals surface area contributed by atoms with Gasteiger partial charge in [-0.15, -0.1) is 0 Å². The van der Waals surface area contributed by atoms with E-state index in [2.05, 4.69) is 10.2 Å². The van der Waals surface area contributed by atoms with E-state index in [-0.39, 0.29) is 43.1 Å². The van der Waals surface area contributed by atoms with E-state index in [1.807, 2.05) is 81.6 Å². The third-order valence-corrected chi connectivity index (χ3v) is 8.96. The maximum atomic E-state index is 14.1. The third kappa shape index (κ3) is 6.80. The largest absolute Gasteiger partial charge is 0.339 e. The summed E-state index contributed by atoms with van der Waals surface area (Å²) in [7, 11) is 2.03. The van der Waals surface area contributed by atoms with Crippen LogP contribution in [0.5, 0.6) is 0 Å². The first-order valence-electron chi connectivity index (χ1n) is 16.0. The summed E-state index contributed by atoms with van der Waals surface area (Å²) in [4.78, 5) is 61.2. The molecule has 6 rings (SSSR count). The number of anilines is 3. The van der Waals surface area contributed by atoms with Gasteiger partial charge in [0.1, 0.15) is 6.54 Å². The van der Waals surface area contributed by atoms with E-state index in [1.165, 1.54) is 4.90 Å². The van der Waals surface area contributed by atoms with Crippen LogP contribution < -0.4 is 15.1 Å². The van der Waals surface area contributed by atoms with Crippen LogP contribution in [0.1, 0.15) is 38.3 Å². The summed E-state index contributed by atoms with van der Waals surface area (Å²) in [5.41, 5.74) is 6.34. The summed E-state index contributed by atoms with van der Waals surface area (Å²) in [6.07, 6.45) is 0.0873. The van der Waals surface area contributed by atoms with Gasteiger partial charge < -0.3 is 24.9 Å². The van der Waals surface area contributed by atoms with Crippen LogP contribution in [0.3, 0.4) is 0 Å². The zero-order chi connectivity index (χ0) is 33.1. The van der Waals surface area contributed by atoms with Crippen LogP contribution in [0.2, 0.25) is 0 Å². The minimum absolute atomic E-state index is 0.0674. The number of hydrogen-bond donors (Lipinski definition) is 1. The van der Waals surface area contributed by atoms with Gasteiger partial charge in [-0.2, -0.15) is 0 Å². The number of hydrogen-bond acceptors (Lipinski definition) is 5. The predicted molar refractivity (Wildman–Crippen MR) is 185 cm³/mol. The molecule has 47 heavy (non-hydrogen) atoms. The summed E-state index contributed by atoms with van der Waals surface area (Å²) in [6.45, 7) is 6.81. The normalized spacial score (nSPS) is 15.2. The number of carbonyl (C=O) groups is 4.